The predicted molar refractivity (Wildman–Crippen MR) is 167 cm³/mol. The van der Waals surface area contributed by atoms with Gasteiger partial charge in [0, 0.05) is 12.1 Å². The minimum atomic E-state index is -1.92. The number of aliphatic hydroxyl groups is 8. The van der Waals surface area contributed by atoms with E-state index in [0.29, 0.717) is 0 Å². The van der Waals surface area contributed by atoms with E-state index in [9.17, 15) is 55.5 Å². The number of aromatic hydroxyl groups is 3. The number of fused-ring (bicyclic) bond motifs is 1. The first-order valence-electron chi connectivity index (χ1n) is 15.6. The predicted octanol–water partition coefficient (Wildman–Crippen LogP) is -2.53. The number of hydrogen-bond acceptors (Lipinski definition) is 18. The van der Waals surface area contributed by atoms with Crippen molar-refractivity contribution < 1.29 is 98.5 Å². The number of carboxylic acid groups (broad SMARTS) is 1. The Morgan fingerprint density at radius 3 is 1.92 bits per heavy atom. The van der Waals surface area contributed by atoms with E-state index in [4.69, 9.17) is 38.3 Å². The lowest BCUT2D eigenvalue weighted by atomic mass is 9.98. The fraction of sp³-hybridized carbons (Fsp3) is 0.500. The Kier molecular flexibility index (Phi) is 11.8. The van der Waals surface area contributed by atoms with Crippen LogP contribution in [0.3, 0.4) is 0 Å². The van der Waals surface area contributed by atoms with Crippen molar-refractivity contribution in [1.82, 2.24) is 0 Å². The van der Waals surface area contributed by atoms with Crippen LogP contribution in [0.1, 0.15) is 23.7 Å². The number of aliphatic carboxylic acids is 1. The number of methoxy groups -OCH3 is 2. The third kappa shape index (κ3) is 7.89. The highest BCUT2D eigenvalue weighted by molar-refractivity contribution is 5.90. The first-order valence-corrected chi connectivity index (χ1v) is 15.6. The van der Waals surface area contributed by atoms with Gasteiger partial charge in [0.25, 0.3) is 11.9 Å². The number of carbonyl (C=O) groups is 2. The van der Waals surface area contributed by atoms with Crippen molar-refractivity contribution in [3.8, 4) is 34.5 Å². The molecule has 52 heavy (non-hydrogen) atoms. The molecule has 11 atom stereocenters. The van der Waals surface area contributed by atoms with E-state index in [1.54, 1.807) is 0 Å². The maximum absolute atomic E-state index is 11.8. The van der Waals surface area contributed by atoms with E-state index in [-0.39, 0.29) is 45.6 Å². The number of phenolic OH excluding ortho intramolecular Hbond substituents is 2. The number of ether oxygens (including phenoxy) is 8. The summed E-state index contributed by atoms with van der Waals surface area (Å²) in [6.45, 7) is -1.49. The number of benzene rings is 2. The molecule has 0 amide bonds. The van der Waals surface area contributed by atoms with Crippen LogP contribution in [0, 0.1) is 0 Å². The van der Waals surface area contributed by atoms with Gasteiger partial charge in [-0.1, -0.05) is 0 Å². The van der Waals surface area contributed by atoms with Gasteiger partial charge in [-0.15, -0.1) is 0 Å². The Hall–Kier alpha value is -4.64. The molecule has 3 aliphatic heterocycles. The summed E-state index contributed by atoms with van der Waals surface area (Å²) in [4.78, 5) is 22.6. The first kappa shape index (κ1) is 38.6. The molecule has 286 valence electrons. The number of carboxylic acids is 1. The summed E-state index contributed by atoms with van der Waals surface area (Å²) in [6.07, 6.45) is -18.2. The monoisotopic (exact) mass is 743 g/mol. The van der Waals surface area contributed by atoms with E-state index in [1.165, 1.54) is 38.5 Å². The smallest absolute Gasteiger partial charge is 0.317 e. The second-order valence-electron chi connectivity index (χ2n) is 11.9. The van der Waals surface area contributed by atoms with Crippen molar-refractivity contribution in [2.24, 2.45) is 0 Å². The van der Waals surface area contributed by atoms with Crippen molar-refractivity contribution in [3.05, 3.63) is 41.2 Å². The lowest BCUT2D eigenvalue weighted by Gasteiger charge is -2.41. The molecule has 2 aromatic carbocycles. The van der Waals surface area contributed by atoms with Gasteiger partial charge in [-0.2, -0.15) is 0 Å². The van der Waals surface area contributed by atoms with E-state index in [1.807, 2.05) is 0 Å². The average Bonchev–Trinajstić information content (AvgIpc) is 3.11. The van der Waals surface area contributed by atoms with Crippen LogP contribution >= 0.6 is 0 Å². The molecular formula is C32H39O20+. The molecule has 0 aromatic heterocycles. The van der Waals surface area contributed by atoms with E-state index in [0.717, 1.165) is 6.07 Å². The molecule has 2 saturated heterocycles. The van der Waals surface area contributed by atoms with Crippen molar-refractivity contribution in [2.45, 2.75) is 73.9 Å². The number of carbonyl (C=O) groups excluding carboxylic acids is 1. The number of rotatable bonds is 12. The standard InChI is InChI=1S/C32H38O20/c1-45-16-3-11(4-17(46-2)23(16)38)30-18(50-32-28(43)26(41)24(39)19(9-33)51-32)7-13-14(48-30)5-12(34)6-15(13)49-31-29(44)27(42)25(40)20(52-31)10-47-22(37)8-21(35)36/h3-7,19-20,24-34,38-44H,8-10H2,1-2H3,(H,35,36)/p+1. The van der Waals surface area contributed by atoms with Crippen molar-refractivity contribution in [2.75, 3.05) is 27.4 Å². The van der Waals surface area contributed by atoms with Crippen LogP contribution in [0.15, 0.2) is 30.0 Å². The summed E-state index contributed by atoms with van der Waals surface area (Å²) in [5, 5.41) is 103. The normalized spacial score (nSPS) is 31.3. The number of aliphatic hydroxyl groups excluding tert-OH is 7. The minimum absolute atomic E-state index is 0.0326. The highest BCUT2D eigenvalue weighted by Gasteiger charge is 2.48. The van der Waals surface area contributed by atoms with Crippen molar-refractivity contribution in [1.29, 1.82) is 0 Å². The largest absolute Gasteiger partial charge is 0.571 e. The van der Waals surface area contributed by atoms with Gasteiger partial charge in [-0.05, 0) is 12.1 Å². The minimum Gasteiger partial charge on any atom is -0.571 e. The average molecular weight is 744 g/mol. The van der Waals surface area contributed by atoms with Gasteiger partial charge in [0.15, 0.2) is 17.3 Å². The summed E-state index contributed by atoms with van der Waals surface area (Å²) in [5.74, 6) is -3.80. The second-order valence-corrected chi connectivity index (χ2v) is 11.9. The molecule has 2 aromatic rings. The Bertz CT molecular complexity index is 1620. The molecule has 0 spiro atoms. The fourth-order valence-corrected chi connectivity index (χ4v) is 5.71. The third-order valence-corrected chi connectivity index (χ3v) is 8.46. The molecule has 0 bridgehead atoms. The molecule has 11 N–H and O–H groups in total. The zero-order valence-corrected chi connectivity index (χ0v) is 27.5. The summed E-state index contributed by atoms with van der Waals surface area (Å²) >= 11 is 0. The van der Waals surface area contributed by atoms with Gasteiger partial charge in [-0.25, -0.2) is 0 Å². The molecule has 20 heteroatoms. The molecular weight excluding hydrogens is 704 g/mol. The topological polar surface area (TPSA) is 314 Å². The molecule has 5 rings (SSSR count). The van der Waals surface area contributed by atoms with Crippen molar-refractivity contribution in [3.63, 3.8) is 0 Å². The molecule has 3 aliphatic rings. The molecule has 2 fully saturated rings. The van der Waals surface area contributed by atoms with Crippen LogP contribution < -0.4 is 14.2 Å². The van der Waals surface area contributed by atoms with E-state index in [2.05, 4.69) is 4.74 Å². The van der Waals surface area contributed by atoms with Crippen LogP contribution in [-0.2, 0) is 28.5 Å². The van der Waals surface area contributed by atoms with Crippen LogP contribution in [0.4, 0.5) is 0 Å². The maximum Gasteiger partial charge on any atom is 0.317 e. The third-order valence-electron chi connectivity index (χ3n) is 8.46. The lowest BCUT2D eigenvalue weighted by Crippen LogP contribution is -2.60. The zero-order valence-electron chi connectivity index (χ0n) is 27.5. The molecule has 3 heterocycles. The highest BCUT2D eigenvalue weighted by Crippen LogP contribution is 2.48. The van der Waals surface area contributed by atoms with Crippen LogP contribution in [0.5, 0.6) is 34.5 Å². The summed E-state index contributed by atoms with van der Waals surface area (Å²) in [6, 6.07) is 5.10. The zero-order chi connectivity index (χ0) is 38.0. The van der Waals surface area contributed by atoms with E-state index >= 15 is 0 Å². The van der Waals surface area contributed by atoms with Gasteiger partial charge in [-0.3, -0.25) is 9.59 Å². The van der Waals surface area contributed by atoms with E-state index < -0.39 is 105 Å². The molecule has 20 nitrogen and oxygen atoms in total. The van der Waals surface area contributed by atoms with Crippen LogP contribution in [-0.4, -0.2) is 157 Å². The maximum atomic E-state index is 11.8. The first-order chi connectivity index (χ1) is 24.7. The Morgan fingerprint density at radius 1 is 0.769 bits per heavy atom. The van der Waals surface area contributed by atoms with Crippen molar-refractivity contribution >= 4 is 18.0 Å². The summed E-state index contributed by atoms with van der Waals surface area (Å²) in [7, 11) is 2.58. The highest BCUT2D eigenvalue weighted by atomic mass is 16.7. The van der Waals surface area contributed by atoms with Gasteiger partial charge in [0.05, 0.1) is 32.5 Å². The fourth-order valence-electron chi connectivity index (χ4n) is 5.71. The Labute approximate surface area is 293 Å². The SMILES string of the molecule is COc1cc(C2[OH+]c3cc(O)cc(OC4OC(COC(=O)CC(=O)O)C(O)C(O)C4O)c3C=C2OC2OC(CO)C(O)C(O)C2O)cc(OC)c1O. The number of esters is 1. The summed E-state index contributed by atoms with van der Waals surface area (Å²) in [5.41, 5.74) is 0.314. The van der Waals surface area contributed by atoms with Crippen LogP contribution in [0.2, 0.25) is 0 Å². The quantitative estimate of drug-likeness (QED) is 0.0609. The number of phenols is 2. The molecule has 0 aliphatic carbocycles. The summed E-state index contributed by atoms with van der Waals surface area (Å²) < 4.78 is 43.1. The van der Waals surface area contributed by atoms with Crippen LogP contribution in [0.25, 0.3) is 6.08 Å². The van der Waals surface area contributed by atoms with Gasteiger partial charge in [0.1, 0.15) is 78.9 Å². The molecule has 0 saturated carbocycles. The Morgan fingerprint density at radius 2 is 1.35 bits per heavy atom. The molecule has 0 radical (unpaired) electrons. The number of hydrogen-bond donors (Lipinski definition) is 10. The van der Waals surface area contributed by atoms with Gasteiger partial charge in [0.2, 0.25) is 18.3 Å². The van der Waals surface area contributed by atoms with Gasteiger partial charge >= 0.3 is 11.9 Å². The Balaban J connectivity index is 1.53. The second kappa shape index (κ2) is 15.9. The van der Waals surface area contributed by atoms with Gasteiger partial charge < -0.3 is 89.0 Å². The lowest BCUT2D eigenvalue weighted by molar-refractivity contribution is -0.295. The molecule has 11 unspecified atom stereocenters.